The van der Waals surface area contributed by atoms with Crippen molar-refractivity contribution >= 4 is 44.2 Å². The Labute approximate surface area is 226 Å². The number of nitrogens with zero attached hydrogens (tertiary/aromatic N) is 1. The third kappa shape index (κ3) is 6.02. The van der Waals surface area contributed by atoms with Crippen LogP contribution >= 0.6 is 11.6 Å². The molecule has 4 rings (SSSR count). The fraction of sp³-hybridized carbons (Fsp3) is 0.444. The largest absolute Gasteiger partial charge is 0.460 e. The molecule has 0 radical (unpaired) electrons. The molecule has 204 valence electrons. The second-order valence-corrected chi connectivity index (χ2v) is 12.6. The number of nitrogens with one attached hydrogen (secondary N) is 2. The average Bonchev–Trinajstić information content (AvgIpc) is 2.81. The lowest BCUT2D eigenvalue weighted by Gasteiger charge is -2.31. The molecule has 3 aromatic rings. The first kappa shape index (κ1) is 28.0. The number of pyridine rings is 1. The minimum absolute atomic E-state index is 0.0193. The molecule has 1 aromatic carbocycles. The van der Waals surface area contributed by atoms with Gasteiger partial charge < -0.3 is 9.73 Å². The van der Waals surface area contributed by atoms with Crippen molar-refractivity contribution < 1.29 is 22.0 Å². The molecule has 0 unspecified atom stereocenters. The quantitative estimate of drug-likeness (QED) is 0.369. The molecule has 2 N–H and O–H groups in total. The molecule has 38 heavy (non-hydrogen) atoms. The highest BCUT2D eigenvalue weighted by molar-refractivity contribution is 7.89. The van der Waals surface area contributed by atoms with E-state index in [2.05, 4.69) is 10.3 Å². The lowest BCUT2D eigenvalue weighted by atomic mass is 9.79. The van der Waals surface area contributed by atoms with Crippen molar-refractivity contribution in [3.8, 4) is 0 Å². The van der Waals surface area contributed by atoms with E-state index in [1.165, 1.54) is 12.1 Å². The second kappa shape index (κ2) is 10.3. The molecular formula is C27H31ClFN3O5S. The van der Waals surface area contributed by atoms with Gasteiger partial charge in [0.05, 0.1) is 23.4 Å². The molecule has 1 aliphatic rings. The monoisotopic (exact) mass is 563 g/mol. The molecule has 1 saturated carbocycles. The summed E-state index contributed by atoms with van der Waals surface area (Å²) in [5.41, 5.74) is 1.18. The first-order valence-corrected chi connectivity index (χ1v) is 14.6. The Hall–Kier alpha value is -2.98. The van der Waals surface area contributed by atoms with Crippen molar-refractivity contribution in [1.82, 2.24) is 9.71 Å². The summed E-state index contributed by atoms with van der Waals surface area (Å²) in [7, 11) is -3.83. The van der Waals surface area contributed by atoms with Crippen LogP contribution in [-0.2, 0) is 10.0 Å². The van der Waals surface area contributed by atoms with Crippen molar-refractivity contribution in [3.63, 3.8) is 0 Å². The van der Waals surface area contributed by atoms with E-state index in [1.54, 1.807) is 19.9 Å². The summed E-state index contributed by atoms with van der Waals surface area (Å²) < 4.78 is 46.0. The molecule has 1 amide bonds. The van der Waals surface area contributed by atoms with Crippen LogP contribution in [0.5, 0.6) is 0 Å². The first-order chi connectivity index (χ1) is 17.6. The van der Waals surface area contributed by atoms with E-state index in [0.29, 0.717) is 53.5 Å². The molecule has 8 nitrogen and oxygen atoms in total. The van der Waals surface area contributed by atoms with Gasteiger partial charge in [0.2, 0.25) is 10.0 Å². The first-order valence-electron chi connectivity index (χ1n) is 12.4. The Kier molecular flexibility index (Phi) is 7.60. The van der Waals surface area contributed by atoms with E-state index in [9.17, 15) is 22.4 Å². The number of hydrogen-bond acceptors (Lipinski definition) is 7. The molecule has 0 bridgehead atoms. The van der Waals surface area contributed by atoms with Gasteiger partial charge in [-0.15, -0.1) is 0 Å². The maximum Gasteiger partial charge on any atom is 0.285 e. The van der Waals surface area contributed by atoms with Gasteiger partial charge in [0.15, 0.2) is 11.1 Å². The Balaban J connectivity index is 1.77. The van der Waals surface area contributed by atoms with E-state index in [-0.39, 0.29) is 27.9 Å². The van der Waals surface area contributed by atoms with Gasteiger partial charge in [0.25, 0.3) is 5.91 Å². The maximum absolute atomic E-state index is 14.4. The Bertz CT molecular complexity index is 1580. The number of alkyl halides is 1. The molecule has 1 aliphatic carbocycles. The van der Waals surface area contributed by atoms with Gasteiger partial charge in [-0.05, 0) is 77.1 Å². The number of hydrogen-bond donors (Lipinski definition) is 2. The predicted octanol–water partition coefficient (Wildman–Crippen LogP) is 5.71. The van der Waals surface area contributed by atoms with E-state index in [4.69, 9.17) is 16.0 Å². The van der Waals surface area contributed by atoms with Crippen LogP contribution in [0.15, 0.2) is 33.5 Å². The minimum Gasteiger partial charge on any atom is -0.460 e. The third-order valence-electron chi connectivity index (χ3n) is 7.02. The number of anilines is 1. The van der Waals surface area contributed by atoms with Crippen LogP contribution in [0, 0.1) is 13.8 Å². The number of halogens is 2. The number of rotatable bonds is 6. The average molecular weight is 564 g/mol. The highest BCUT2D eigenvalue weighted by atomic mass is 35.5. The standard InChI is InChI=1S/C27H31ClFN3O5S/c1-14-12-18(16(3)30-20-6-7-21(28)31-22(20)26(34)32-38(5,35)36)25-19(13-14)23(33)15(2)24(37-25)17-8-10-27(4,29)11-9-17/h6-7,12-13,16-17,30H,8-11H2,1-5H3,(H,32,34)/t16-,17?,27?/m1/s1. The van der Waals surface area contributed by atoms with Crippen molar-refractivity contribution in [1.29, 1.82) is 0 Å². The van der Waals surface area contributed by atoms with Gasteiger partial charge in [-0.3, -0.25) is 9.59 Å². The van der Waals surface area contributed by atoms with Crippen LogP contribution < -0.4 is 15.5 Å². The number of benzene rings is 1. The minimum atomic E-state index is -3.83. The summed E-state index contributed by atoms with van der Waals surface area (Å²) in [6.07, 6.45) is 2.85. The highest BCUT2D eigenvalue weighted by Crippen LogP contribution is 2.41. The van der Waals surface area contributed by atoms with Crippen molar-refractivity contribution in [2.24, 2.45) is 0 Å². The molecule has 11 heteroatoms. The number of sulfonamides is 1. The van der Waals surface area contributed by atoms with E-state index < -0.39 is 27.6 Å². The SMILES string of the molecule is Cc1cc([C@@H](C)Nc2ccc(Cl)nc2C(=O)NS(C)(=O)=O)c2oc(C3CCC(C)(F)CC3)c(C)c(=O)c2c1. The fourth-order valence-electron chi connectivity index (χ4n) is 5.03. The molecule has 0 saturated heterocycles. The zero-order valence-electron chi connectivity index (χ0n) is 21.9. The number of aromatic nitrogens is 1. The van der Waals surface area contributed by atoms with Crippen LogP contribution in [-0.4, -0.2) is 31.2 Å². The number of amides is 1. The number of aryl methyl sites for hydroxylation is 1. The normalized spacial score (nSPS) is 20.8. The van der Waals surface area contributed by atoms with Gasteiger partial charge in [0.1, 0.15) is 22.2 Å². The number of carbonyl (C=O) groups is 1. The Morgan fingerprint density at radius 1 is 1.24 bits per heavy atom. The van der Waals surface area contributed by atoms with Crippen molar-refractivity contribution in [2.75, 3.05) is 11.6 Å². The molecule has 1 fully saturated rings. The molecule has 0 spiro atoms. The molecule has 0 aliphatic heterocycles. The zero-order chi connectivity index (χ0) is 28.0. The summed E-state index contributed by atoms with van der Waals surface area (Å²) in [6, 6.07) is 6.20. The summed E-state index contributed by atoms with van der Waals surface area (Å²) in [5, 5.41) is 3.65. The number of carbonyl (C=O) groups excluding carboxylic acids is 1. The van der Waals surface area contributed by atoms with E-state index in [1.807, 2.05) is 24.6 Å². The van der Waals surface area contributed by atoms with Gasteiger partial charge in [-0.2, -0.15) is 0 Å². The van der Waals surface area contributed by atoms with Crippen LogP contribution in [0.1, 0.15) is 84.4 Å². The lowest BCUT2D eigenvalue weighted by molar-refractivity contribution is 0.0977. The van der Waals surface area contributed by atoms with E-state index in [0.717, 1.165) is 11.8 Å². The highest BCUT2D eigenvalue weighted by Gasteiger charge is 2.34. The fourth-order valence-corrected chi connectivity index (χ4v) is 5.61. The summed E-state index contributed by atoms with van der Waals surface area (Å²) in [4.78, 5) is 30.1. The third-order valence-corrected chi connectivity index (χ3v) is 7.79. The lowest BCUT2D eigenvalue weighted by Crippen LogP contribution is -2.31. The van der Waals surface area contributed by atoms with Crippen molar-refractivity contribution in [2.45, 2.75) is 71.0 Å². The van der Waals surface area contributed by atoms with Crippen LogP contribution in [0.3, 0.4) is 0 Å². The zero-order valence-corrected chi connectivity index (χ0v) is 23.5. The van der Waals surface area contributed by atoms with Crippen LogP contribution in [0.4, 0.5) is 10.1 Å². The van der Waals surface area contributed by atoms with Crippen LogP contribution in [0.25, 0.3) is 11.0 Å². The predicted molar refractivity (Wildman–Crippen MR) is 146 cm³/mol. The topological polar surface area (TPSA) is 118 Å². The smallest absolute Gasteiger partial charge is 0.285 e. The summed E-state index contributed by atoms with van der Waals surface area (Å²) in [6.45, 7) is 7.06. The second-order valence-electron chi connectivity index (χ2n) is 10.4. The molecule has 2 heterocycles. The van der Waals surface area contributed by atoms with Gasteiger partial charge in [-0.25, -0.2) is 22.5 Å². The maximum atomic E-state index is 14.4. The molecular weight excluding hydrogens is 533 g/mol. The number of fused-ring (bicyclic) bond motifs is 1. The molecule has 1 atom stereocenters. The summed E-state index contributed by atoms with van der Waals surface area (Å²) >= 11 is 5.98. The van der Waals surface area contributed by atoms with Gasteiger partial charge in [0, 0.05) is 17.0 Å². The Morgan fingerprint density at radius 3 is 2.53 bits per heavy atom. The summed E-state index contributed by atoms with van der Waals surface area (Å²) in [5.74, 6) is -0.405. The van der Waals surface area contributed by atoms with Crippen molar-refractivity contribution in [3.05, 3.63) is 67.8 Å². The molecule has 2 aromatic heterocycles. The van der Waals surface area contributed by atoms with Gasteiger partial charge in [-0.1, -0.05) is 17.7 Å². The van der Waals surface area contributed by atoms with Gasteiger partial charge >= 0.3 is 0 Å². The van der Waals surface area contributed by atoms with E-state index >= 15 is 0 Å². The van der Waals surface area contributed by atoms with Crippen LogP contribution in [0.2, 0.25) is 5.15 Å². The Morgan fingerprint density at radius 2 is 1.89 bits per heavy atom.